The molecule has 0 radical (unpaired) electrons. The molecule has 1 rings (SSSR count). The lowest BCUT2D eigenvalue weighted by molar-refractivity contribution is -0.121. The van der Waals surface area contributed by atoms with Gasteiger partial charge in [-0.1, -0.05) is 13.3 Å². The van der Waals surface area contributed by atoms with Crippen molar-refractivity contribution in [2.75, 3.05) is 19.8 Å². The van der Waals surface area contributed by atoms with Gasteiger partial charge in [0, 0.05) is 26.6 Å². The van der Waals surface area contributed by atoms with Gasteiger partial charge in [-0.05, 0) is 18.8 Å². The van der Waals surface area contributed by atoms with E-state index in [9.17, 15) is 13.2 Å². The van der Waals surface area contributed by atoms with Crippen LogP contribution in [0.25, 0.3) is 0 Å². The second-order valence-corrected chi connectivity index (χ2v) is 7.23. The number of carbonyl (C=O) groups excluding carboxylic acids is 1. The number of amides is 1. The third kappa shape index (κ3) is 4.27. The van der Waals surface area contributed by atoms with Crippen molar-refractivity contribution < 1.29 is 13.2 Å². The molecule has 0 aromatic carbocycles. The molecule has 0 aliphatic heterocycles. The first kappa shape index (κ1) is 14.4. The fourth-order valence-electron chi connectivity index (χ4n) is 2.04. The Labute approximate surface area is 104 Å². The quantitative estimate of drug-likeness (QED) is 0.788. The lowest BCUT2D eigenvalue weighted by atomic mass is 10.1. The van der Waals surface area contributed by atoms with Crippen LogP contribution in [0.3, 0.4) is 0 Å². The summed E-state index contributed by atoms with van der Waals surface area (Å²) >= 11 is 0. The molecule has 5 nitrogen and oxygen atoms in total. The molecule has 0 spiro atoms. The first-order valence-electron chi connectivity index (χ1n) is 6.02. The molecule has 0 heterocycles. The lowest BCUT2D eigenvalue weighted by Crippen LogP contribution is -2.38. The minimum atomic E-state index is -3.27. The van der Waals surface area contributed by atoms with Crippen molar-refractivity contribution in [1.29, 1.82) is 0 Å². The standard InChI is InChI=1S/C11H22N2O3S/c1-9-5-4-6-10(9)12-11(14)7-8-17(15,16)13(2)3/h9-10H,4-8H2,1-3H3,(H,12,14). The van der Waals surface area contributed by atoms with E-state index in [1.165, 1.54) is 14.1 Å². The van der Waals surface area contributed by atoms with Gasteiger partial charge in [-0.3, -0.25) is 4.79 Å². The molecule has 0 aromatic heterocycles. The van der Waals surface area contributed by atoms with Crippen molar-refractivity contribution in [2.24, 2.45) is 5.92 Å². The zero-order valence-electron chi connectivity index (χ0n) is 10.8. The van der Waals surface area contributed by atoms with E-state index >= 15 is 0 Å². The Bertz CT molecular complexity index is 365. The van der Waals surface area contributed by atoms with E-state index in [4.69, 9.17) is 0 Å². The summed E-state index contributed by atoms with van der Waals surface area (Å²) in [7, 11) is -0.311. The number of hydrogen-bond donors (Lipinski definition) is 1. The minimum absolute atomic E-state index is 0.0454. The maximum atomic E-state index is 11.6. The van der Waals surface area contributed by atoms with Gasteiger partial charge in [-0.2, -0.15) is 0 Å². The Morgan fingerprint density at radius 3 is 2.47 bits per heavy atom. The Balaban J connectivity index is 2.36. The second-order valence-electron chi connectivity index (χ2n) is 4.93. The SMILES string of the molecule is CC1CCCC1NC(=O)CCS(=O)(=O)N(C)C. The van der Waals surface area contributed by atoms with Crippen LogP contribution in [-0.4, -0.2) is 44.5 Å². The molecule has 1 saturated carbocycles. The van der Waals surface area contributed by atoms with Crippen LogP contribution in [0.15, 0.2) is 0 Å². The molecule has 1 amide bonds. The largest absolute Gasteiger partial charge is 0.353 e. The number of sulfonamides is 1. The third-order valence-electron chi connectivity index (χ3n) is 3.35. The minimum Gasteiger partial charge on any atom is -0.353 e. The summed E-state index contributed by atoms with van der Waals surface area (Å²) in [5, 5.41) is 2.92. The molecule has 1 fully saturated rings. The first-order chi connectivity index (χ1) is 7.83. The molecule has 2 unspecified atom stereocenters. The molecule has 0 bridgehead atoms. The number of rotatable bonds is 5. The van der Waals surface area contributed by atoms with Crippen LogP contribution in [-0.2, 0) is 14.8 Å². The van der Waals surface area contributed by atoms with Crippen molar-refractivity contribution >= 4 is 15.9 Å². The Hall–Kier alpha value is -0.620. The van der Waals surface area contributed by atoms with Crippen LogP contribution < -0.4 is 5.32 Å². The molecule has 0 aromatic rings. The average molecular weight is 262 g/mol. The zero-order chi connectivity index (χ0) is 13.1. The van der Waals surface area contributed by atoms with Crippen molar-refractivity contribution in [1.82, 2.24) is 9.62 Å². The highest BCUT2D eigenvalue weighted by molar-refractivity contribution is 7.89. The Morgan fingerprint density at radius 2 is 2.00 bits per heavy atom. The molecule has 17 heavy (non-hydrogen) atoms. The molecular formula is C11H22N2O3S. The second kappa shape index (κ2) is 5.82. The molecule has 0 saturated heterocycles. The van der Waals surface area contributed by atoms with Gasteiger partial charge in [0.2, 0.25) is 15.9 Å². The van der Waals surface area contributed by atoms with Crippen LogP contribution in [0.4, 0.5) is 0 Å². The van der Waals surface area contributed by atoms with Gasteiger partial charge in [-0.25, -0.2) is 12.7 Å². The van der Waals surface area contributed by atoms with E-state index < -0.39 is 10.0 Å². The first-order valence-corrected chi connectivity index (χ1v) is 7.63. The number of nitrogens with zero attached hydrogens (tertiary/aromatic N) is 1. The van der Waals surface area contributed by atoms with Crippen LogP contribution in [0.2, 0.25) is 0 Å². The number of carbonyl (C=O) groups is 1. The molecule has 1 aliphatic carbocycles. The monoisotopic (exact) mass is 262 g/mol. The van der Waals surface area contributed by atoms with Crippen molar-refractivity contribution in [2.45, 2.75) is 38.6 Å². The van der Waals surface area contributed by atoms with Crippen molar-refractivity contribution in [3.8, 4) is 0 Å². The predicted molar refractivity (Wildman–Crippen MR) is 67.0 cm³/mol. The Morgan fingerprint density at radius 1 is 1.35 bits per heavy atom. The van der Waals surface area contributed by atoms with E-state index in [0.29, 0.717) is 5.92 Å². The van der Waals surface area contributed by atoms with Gasteiger partial charge in [0.1, 0.15) is 0 Å². The van der Waals surface area contributed by atoms with Crippen molar-refractivity contribution in [3.63, 3.8) is 0 Å². The van der Waals surface area contributed by atoms with Crippen molar-refractivity contribution in [3.05, 3.63) is 0 Å². The van der Waals surface area contributed by atoms with Crippen LogP contribution in [0, 0.1) is 5.92 Å². The van der Waals surface area contributed by atoms with E-state index in [0.717, 1.165) is 23.6 Å². The van der Waals surface area contributed by atoms with Gasteiger partial charge < -0.3 is 5.32 Å². The summed E-state index contributed by atoms with van der Waals surface area (Å²) in [6.45, 7) is 2.12. The van der Waals surface area contributed by atoms with E-state index in [1.54, 1.807) is 0 Å². The van der Waals surface area contributed by atoms with E-state index in [2.05, 4.69) is 12.2 Å². The highest BCUT2D eigenvalue weighted by Crippen LogP contribution is 2.24. The van der Waals surface area contributed by atoms with Crippen LogP contribution >= 0.6 is 0 Å². The molecule has 2 atom stereocenters. The molecule has 6 heteroatoms. The summed E-state index contributed by atoms with van der Waals surface area (Å²) < 4.78 is 24.1. The van der Waals surface area contributed by atoms with Gasteiger partial charge in [-0.15, -0.1) is 0 Å². The molecule has 1 N–H and O–H groups in total. The summed E-state index contributed by atoms with van der Waals surface area (Å²) in [5.41, 5.74) is 0. The van der Waals surface area contributed by atoms with Gasteiger partial charge in [0.15, 0.2) is 0 Å². The van der Waals surface area contributed by atoms with Crippen LogP contribution in [0.1, 0.15) is 32.6 Å². The summed E-state index contributed by atoms with van der Waals surface area (Å²) in [5.74, 6) is 0.228. The third-order valence-corrected chi connectivity index (χ3v) is 5.18. The van der Waals surface area contributed by atoms with E-state index in [1.807, 2.05) is 0 Å². The maximum absolute atomic E-state index is 11.6. The topological polar surface area (TPSA) is 66.5 Å². The molecule has 1 aliphatic rings. The zero-order valence-corrected chi connectivity index (χ0v) is 11.6. The summed E-state index contributed by atoms with van der Waals surface area (Å²) in [6.07, 6.45) is 3.33. The molecule has 100 valence electrons. The number of nitrogens with one attached hydrogen (secondary N) is 1. The fraction of sp³-hybridized carbons (Fsp3) is 0.909. The molecular weight excluding hydrogens is 240 g/mol. The van der Waals surface area contributed by atoms with Gasteiger partial charge in [0.05, 0.1) is 5.75 Å². The fourth-order valence-corrected chi connectivity index (χ4v) is 2.85. The normalized spacial score (nSPS) is 25.2. The lowest BCUT2D eigenvalue weighted by Gasteiger charge is -2.17. The summed E-state index contributed by atoms with van der Waals surface area (Å²) in [6, 6.07) is 0.226. The van der Waals surface area contributed by atoms with Gasteiger partial charge in [0.25, 0.3) is 0 Å². The highest BCUT2D eigenvalue weighted by Gasteiger charge is 2.25. The summed E-state index contributed by atoms with van der Waals surface area (Å²) in [4.78, 5) is 11.6. The smallest absolute Gasteiger partial charge is 0.221 e. The van der Waals surface area contributed by atoms with Crippen LogP contribution in [0.5, 0.6) is 0 Å². The average Bonchev–Trinajstić information content (AvgIpc) is 2.61. The van der Waals surface area contributed by atoms with Gasteiger partial charge >= 0.3 is 0 Å². The highest BCUT2D eigenvalue weighted by atomic mass is 32.2. The maximum Gasteiger partial charge on any atom is 0.221 e. The number of hydrogen-bond acceptors (Lipinski definition) is 3. The van der Waals surface area contributed by atoms with E-state index in [-0.39, 0.29) is 24.1 Å². The predicted octanol–water partition coefficient (Wildman–Crippen LogP) is 0.573. The Kier molecular flexibility index (Phi) is 4.94.